The molecule has 0 fully saturated rings. The van der Waals surface area contributed by atoms with Gasteiger partial charge in [-0.15, -0.1) is 0 Å². The Hall–Kier alpha value is -3.23. The molecular weight excluding hydrogens is 366 g/mol. The maximum atomic E-state index is 12.4. The van der Waals surface area contributed by atoms with Gasteiger partial charge in [0.2, 0.25) is 0 Å². The number of carbonyl (C=O) groups excluding carboxylic acids is 5. The first kappa shape index (κ1) is 21.1. The molecule has 9 heteroatoms. The van der Waals surface area contributed by atoms with E-state index in [9.17, 15) is 24.0 Å². The van der Waals surface area contributed by atoms with E-state index < -0.39 is 29.9 Å². The van der Waals surface area contributed by atoms with E-state index >= 15 is 0 Å². The van der Waals surface area contributed by atoms with E-state index in [1.165, 1.54) is 25.1 Å². The number of unbranched alkanes of at least 4 members (excludes halogenated alkanes) is 1. The average molecular weight is 389 g/mol. The Balaban J connectivity index is 2.08. The van der Waals surface area contributed by atoms with E-state index in [2.05, 4.69) is 5.32 Å². The molecule has 5 amide bonds. The molecule has 0 aliphatic carbocycles. The van der Waals surface area contributed by atoms with Gasteiger partial charge in [-0.3, -0.25) is 24.6 Å². The molecule has 0 unspecified atom stereocenters. The van der Waals surface area contributed by atoms with Crippen LogP contribution in [0.2, 0.25) is 0 Å². The summed E-state index contributed by atoms with van der Waals surface area (Å²) in [6, 6.07) is 3.36. The van der Waals surface area contributed by atoms with Gasteiger partial charge in [-0.1, -0.05) is 13.3 Å². The molecule has 0 saturated heterocycles. The number of hydrogen-bond acceptors (Lipinski definition) is 6. The summed E-state index contributed by atoms with van der Waals surface area (Å²) in [6.45, 7) is 5.62. The van der Waals surface area contributed by atoms with E-state index in [1.807, 2.05) is 12.2 Å². The van der Waals surface area contributed by atoms with E-state index in [4.69, 9.17) is 4.74 Å². The lowest BCUT2D eigenvalue weighted by Crippen LogP contribution is -2.44. The molecule has 1 aliphatic heterocycles. The highest BCUT2D eigenvalue weighted by molar-refractivity contribution is 6.22. The van der Waals surface area contributed by atoms with Crippen LogP contribution in [0, 0.1) is 0 Å². The van der Waals surface area contributed by atoms with E-state index in [0.717, 1.165) is 11.3 Å². The fraction of sp³-hybridized carbons (Fsp3) is 0.421. The van der Waals surface area contributed by atoms with Crippen molar-refractivity contribution in [2.45, 2.75) is 39.7 Å². The molecule has 9 nitrogen and oxygen atoms in total. The van der Waals surface area contributed by atoms with Crippen LogP contribution in [0.4, 0.5) is 4.79 Å². The van der Waals surface area contributed by atoms with Crippen LogP contribution in [0.1, 0.15) is 64.7 Å². The van der Waals surface area contributed by atoms with Crippen molar-refractivity contribution in [1.82, 2.24) is 15.5 Å². The number of carbonyl (C=O) groups is 5. The van der Waals surface area contributed by atoms with Crippen LogP contribution >= 0.6 is 0 Å². The minimum atomic E-state index is -1.22. The zero-order valence-corrected chi connectivity index (χ0v) is 16.0. The Morgan fingerprint density at radius 3 is 2.43 bits per heavy atom. The van der Waals surface area contributed by atoms with Gasteiger partial charge in [0, 0.05) is 13.1 Å². The summed E-state index contributed by atoms with van der Waals surface area (Å²) in [5.41, 5.74) is 0.407. The number of nitrogens with one attached hydrogen (secondary N) is 2. The van der Waals surface area contributed by atoms with Gasteiger partial charge in [0.15, 0.2) is 6.10 Å². The van der Waals surface area contributed by atoms with E-state index in [-0.39, 0.29) is 22.6 Å². The summed E-state index contributed by atoms with van der Waals surface area (Å²) < 4.78 is 5.05. The number of ether oxygens (including phenoxy) is 1. The molecule has 0 radical (unpaired) electrons. The van der Waals surface area contributed by atoms with Crippen LogP contribution in [0.15, 0.2) is 18.2 Å². The molecular formula is C19H23N3O6. The third kappa shape index (κ3) is 4.54. The lowest BCUT2D eigenvalue weighted by Gasteiger charge is -2.13. The first-order valence-corrected chi connectivity index (χ1v) is 9.10. The highest BCUT2D eigenvalue weighted by Gasteiger charge is 2.35. The minimum Gasteiger partial charge on any atom is -0.449 e. The normalized spacial score (nSPS) is 13.8. The van der Waals surface area contributed by atoms with Gasteiger partial charge < -0.3 is 10.1 Å². The third-order valence-corrected chi connectivity index (χ3v) is 4.17. The molecule has 0 spiro atoms. The molecule has 2 N–H and O–H groups in total. The predicted octanol–water partition coefficient (Wildman–Crippen LogP) is 1.47. The van der Waals surface area contributed by atoms with Crippen molar-refractivity contribution in [3.8, 4) is 0 Å². The molecule has 28 heavy (non-hydrogen) atoms. The maximum Gasteiger partial charge on any atom is 0.338 e. The molecule has 0 saturated carbocycles. The molecule has 1 aromatic carbocycles. The molecule has 1 atom stereocenters. The first-order chi connectivity index (χ1) is 13.3. The van der Waals surface area contributed by atoms with Crippen LogP contribution in [0.5, 0.6) is 0 Å². The van der Waals surface area contributed by atoms with Crippen molar-refractivity contribution >= 4 is 29.7 Å². The largest absolute Gasteiger partial charge is 0.449 e. The average Bonchev–Trinajstić information content (AvgIpc) is 2.90. The van der Waals surface area contributed by atoms with E-state index in [1.54, 1.807) is 6.92 Å². The molecule has 150 valence electrons. The molecule has 2 rings (SSSR count). The second-order valence-corrected chi connectivity index (χ2v) is 6.27. The summed E-state index contributed by atoms with van der Waals surface area (Å²) >= 11 is 0. The Bertz CT molecular complexity index is 820. The first-order valence-electron chi connectivity index (χ1n) is 9.10. The second kappa shape index (κ2) is 9.12. The van der Waals surface area contributed by atoms with Gasteiger partial charge in [-0.2, -0.15) is 0 Å². The summed E-state index contributed by atoms with van der Waals surface area (Å²) in [7, 11) is 0. The third-order valence-electron chi connectivity index (χ3n) is 4.17. The Labute approximate surface area is 162 Å². The van der Waals surface area contributed by atoms with Crippen molar-refractivity contribution in [3.05, 3.63) is 34.9 Å². The number of fused-ring (bicyclic) bond motifs is 1. The number of urea groups is 1. The summed E-state index contributed by atoms with van der Waals surface area (Å²) in [5, 5.41) is 4.43. The topological polar surface area (TPSA) is 122 Å². The van der Waals surface area contributed by atoms with Gasteiger partial charge in [0.25, 0.3) is 17.7 Å². The molecule has 1 aromatic rings. The highest BCUT2D eigenvalue weighted by atomic mass is 16.5. The Morgan fingerprint density at radius 2 is 1.79 bits per heavy atom. The number of rotatable bonds is 7. The lowest BCUT2D eigenvalue weighted by atomic mass is 10.1. The van der Waals surface area contributed by atoms with Crippen LogP contribution in [-0.2, 0) is 9.53 Å². The van der Waals surface area contributed by atoms with Gasteiger partial charge in [-0.25, -0.2) is 9.59 Å². The maximum absolute atomic E-state index is 12.4. The van der Waals surface area contributed by atoms with Crippen molar-refractivity contribution in [1.29, 1.82) is 0 Å². The van der Waals surface area contributed by atoms with Gasteiger partial charge in [0.05, 0.1) is 16.7 Å². The van der Waals surface area contributed by atoms with Crippen molar-refractivity contribution < 1.29 is 28.7 Å². The Morgan fingerprint density at radius 1 is 1.11 bits per heavy atom. The van der Waals surface area contributed by atoms with Crippen LogP contribution in [-0.4, -0.2) is 53.8 Å². The fourth-order valence-electron chi connectivity index (χ4n) is 2.64. The highest BCUT2D eigenvalue weighted by Crippen LogP contribution is 2.24. The van der Waals surface area contributed by atoms with Gasteiger partial charge in [-0.05, 0) is 38.5 Å². The van der Waals surface area contributed by atoms with Crippen molar-refractivity contribution in [2.24, 2.45) is 0 Å². The van der Waals surface area contributed by atoms with Gasteiger partial charge >= 0.3 is 12.0 Å². The minimum absolute atomic E-state index is 0.0369. The summed E-state index contributed by atoms with van der Waals surface area (Å²) in [4.78, 5) is 61.4. The van der Waals surface area contributed by atoms with Crippen molar-refractivity contribution in [2.75, 3.05) is 13.1 Å². The second-order valence-electron chi connectivity index (χ2n) is 6.27. The standard InChI is InChI=1S/C19H23N3O6/c1-4-6-9-22-16(24)13-8-7-12(10-14(13)17(22)25)18(26)28-11(3)15(23)21-19(27)20-5-2/h7-8,10-11H,4-6,9H2,1-3H3,(H2,20,21,23,27)/t11-/m0/s1. The number of amides is 5. The molecule has 0 bridgehead atoms. The number of nitrogens with zero attached hydrogens (tertiary/aromatic N) is 1. The summed E-state index contributed by atoms with van der Waals surface area (Å²) in [5.74, 6) is -2.46. The molecule has 1 heterocycles. The lowest BCUT2D eigenvalue weighted by molar-refractivity contribution is -0.127. The number of esters is 1. The number of hydrogen-bond donors (Lipinski definition) is 2. The van der Waals surface area contributed by atoms with Crippen LogP contribution in [0.3, 0.4) is 0 Å². The number of imide groups is 2. The van der Waals surface area contributed by atoms with Crippen LogP contribution in [0.25, 0.3) is 0 Å². The molecule has 0 aromatic heterocycles. The van der Waals surface area contributed by atoms with E-state index in [0.29, 0.717) is 19.5 Å². The number of benzene rings is 1. The quantitative estimate of drug-likeness (QED) is 0.538. The predicted molar refractivity (Wildman–Crippen MR) is 98.8 cm³/mol. The monoisotopic (exact) mass is 389 g/mol. The summed E-state index contributed by atoms with van der Waals surface area (Å²) in [6.07, 6.45) is 0.307. The van der Waals surface area contributed by atoms with Gasteiger partial charge in [0.1, 0.15) is 0 Å². The fourth-order valence-corrected chi connectivity index (χ4v) is 2.64. The molecule has 1 aliphatic rings. The van der Waals surface area contributed by atoms with Crippen molar-refractivity contribution in [3.63, 3.8) is 0 Å². The smallest absolute Gasteiger partial charge is 0.338 e. The SMILES string of the molecule is CCCCN1C(=O)c2ccc(C(=O)O[C@@H](C)C(=O)NC(=O)NCC)cc2C1=O. The Kier molecular flexibility index (Phi) is 6.86. The van der Waals surface area contributed by atoms with Crippen LogP contribution < -0.4 is 10.6 Å². The zero-order chi connectivity index (χ0) is 20.8. The zero-order valence-electron chi connectivity index (χ0n) is 16.0.